The minimum Gasteiger partial charge on any atom is -0.497 e. The number of aromatic nitrogens is 2. The number of amides is 1. The molecule has 5 rings (SSSR count). The van der Waals surface area contributed by atoms with Gasteiger partial charge in [0.1, 0.15) is 10.7 Å². The molecule has 2 aromatic carbocycles. The van der Waals surface area contributed by atoms with Crippen LogP contribution in [0.1, 0.15) is 45.0 Å². The van der Waals surface area contributed by atoms with Gasteiger partial charge >= 0.3 is 11.4 Å². The Morgan fingerprint density at radius 3 is 2.41 bits per heavy atom. The smallest absolute Gasteiger partial charge is 0.318 e. The second-order valence-electron chi connectivity index (χ2n) is 8.86. The van der Waals surface area contributed by atoms with Gasteiger partial charge in [0.15, 0.2) is 0 Å². The topological polar surface area (TPSA) is 183 Å². The molecule has 198 valence electrons. The molecule has 14 heteroatoms. The number of nitro benzene ring substituents is 2. The molecule has 2 heterocycles. The number of nitrogens with zero attached hydrogens (tertiary/aromatic N) is 5. The monoisotopic (exact) mass is 548 g/mol. The molecule has 0 aliphatic heterocycles. The van der Waals surface area contributed by atoms with Crippen molar-refractivity contribution in [1.82, 2.24) is 15.0 Å². The lowest BCUT2D eigenvalue weighted by atomic mass is 9.97. The van der Waals surface area contributed by atoms with Gasteiger partial charge in [-0.15, -0.1) is 11.3 Å². The molecule has 1 amide bonds. The van der Waals surface area contributed by atoms with Gasteiger partial charge in [0, 0.05) is 28.1 Å². The van der Waals surface area contributed by atoms with Crippen molar-refractivity contribution in [2.75, 3.05) is 0 Å². The standard InChI is InChI=1S/C25H20N6O7S/c1-13-27-24-21(17-4-2-3-5-20(17)39-24)25(34)29(13)16-8-6-15(7-9-16)23(33)28-26-12-14-10-18(30(35)36)22(32)19(11-14)31(37)38/h6-12,32H,2-5H2,1H3,(H,28,33)/b26-12-. The predicted octanol–water partition coefficient (Wildman–Crippen LogP) is 3.92. The zero-order valence-corrected chi connectivity index (χ0v) is 21.2. The molecule has 39 heavy (non-hydrogen) atoms. The number of hydrazone groups is 1. The molecule has 4 aromatic rings. The van der Waals surface area contributed by atoms with Gasteiger partial charge in [0.25, 0.3) is 17.2 Å². The third-order valence-corrected chi connectivity index (χ3v) is 7.60. The van der Waals surface area contributed by atoms with Crippen molar-refractivity contribution in [3.8, 4) is 11.4 Å². The minimum absolute atomic E-state index is 0.0739. The highest BCUT2D eigenvalue weighted by molar-refractivity contribution is 7.18. The molecule has 0 saturated heterocycles. The van der Waals surface area contributed by atoms with Crippen molar-refractivity contribution in [3.05, 3.63) is 94.4 Å². The predicted molar refractivity (Wildman–Crippen MR) is 143 cm³/mol. The first-order chi connectivity index (χ1) is 18.7. The number of nitro groups is 2. The molecule has 0 fully saturated rings. The van der Waals surface area contributed by atoms with E-state index in [2.05, 4.69) is 15.5 Å². The summed E-state index contributed by atoms with van der Waals surface area (Å²) in [5.41, 5.74) is 2.14. The zero-order valence-electron chi connectivity index (χ0n) is 20.4. The Hall–Kier alpha value is -4.98. The van der Waals surface area contributed by atoms with Crippen molar-refractivity contribution < 1.29 is 19.7 Å². The maximum Gasteiger partial charge on any atom is 0.318 e. The van der Waals surface area contributed by atoms with Crippen LogP contribution >= 0.6 is 11.3 Å². The molecular formula is C25H20N6O7S. The molecule has 0 radical (unpaired) electrons. The normalized spacial score (nSPS) is 12.9. The molecule has 2 N–H and O–H groups in total. The van der Waals surface area contributed by atoms with E-state index in [1.165, 1.54) is 21.6 Å². The first-order valence-corrected chi connectivity index (χ1v) is 12.6. The van der Waals surface area contributed by atoms with E-state index in [1.807, 2.05) is 0 Å². The van der Waals surface area contributed by atoms with Crippen LogP contribution in [0.2, 0.25) is 0 Å². The summed E-state index contributed by atoms with van der Waals surface area (Å²) in [5.74, 6) is -1.16. The van der Waals surface area contributed by atoms with Gasteiger partial charge in [-0.3, -0.25) is 34.4 Å². The van der Waals surface area contributed by atoms with Crippen LogP contribution in [-0.2, 0) is 12.8 Å². The first-order valence-electron chi connectivity index (χ1n) is 11.8. The maximum atomic E-state index is 13.5. The number of rotatable bonds is 6. The van der Waals surface area contributed by atoms with Gasteiger partial charge in [-0.25, -0.2) is 10.4 Å². The fraction of sp³-hybridized carbons (Fsp3) is 0.200. The molecular weight excluding hydrogens is 528 g/mol. The fourth-order valence-corrected chi connectivity index (χ4v) is 5.88. The number of aryl methyl sites for hydroxylation is 3. The summed E-state index contributed by atoms with van der Waals surface area (Å²) in [5, 5.41) is 36.3. The highest BCUT2D eigenvalue weighted by atomic mass is 32.1. The summed E-state index contributed by atoms with van der Waals surface area (Å²) in [4.78, 5) is 52.9. The lowest BCUT2D eigenvalue weighted by Crippen LogP contribution is -2.23. The van der Waals surface area contributed by atoms with Gasteiger partial charge < -0.3 is 5.11 Å². The number of carbonyl (C=O) groups is 1. The van der Waals surface area contributed by atoms with Crippen LogP contribution in [0, 0.1) is 27.2 Å². The van der Waals surface area contributed by atoms with Crippen molar-refractivity contribution in [3.63, 3.8) is 0 Å². The van der Waals surface area contributed by atoms with E-state index in [0.717, 1.165) is 54.4 Å². The molecule has 0 saturated carbocycles. The van der Waals surface area contributed by atoms with Gasteiger partial charge in [0.2, 0.25) is 0 Å². The molecule has 13 nitrogen and oxygen atoms in total. The highest BCUT2D eigenvalue weighted by Crippen LogP contribution is 2.36. The number of fused-ring (bicyclic) bond motifs is 3. The minimum atomic E-state index is -1.08. The number of phenols is 1. The maximum absolute atomic E-state index is 13.5. The van der Waals surface area contributed by atoms with Crippen LogP contribution < -0.4 is 11.0 Å². The Kier molecular flexibility index (Phi) is 6.62. The molecule has 0 bridgehead atoms. The van der Waals surface area contributed by atoms with Crippen molar-refractivity contribution in [1.29, 1.82) is 0 Å². The first kappa shape index (κ1) is 25.7. The summed E-state index contributed by atoms with van der Waals surface area (Å²) in [6.45, 7) is 1.76. The van der Waals surface area contributed by atoms with E-state index in [4.69, 9.17) is 0 Å². The van der Waals surface area contributed by atoms with E-state index in [0.29, 0.717) is 16.9 Å². The fourth-order valence-electron chi connectivity index (χ4n) is 4.58. The van der Waals surface area contributed by atoms with Gasteiger partial charge in [-0.2, -0.15) is 5.10 Å². The van der Waals surface area contributed by atoms with E-state index < -0.39 is 32.9 Å². The van der Waals surface area contributed by atoms with Gasteiger partial charge in [-0.05, 0) is 62.4 Å². The summed E-state index contributed by atoms with van der Waals surface area (Å²) in [6.07, 6.45) is 4.95. The van der Waals surface area contributed by atoms with E-state index >= 15 is 0 Å². The van der Waals surface area contributed by atoms with Crippen LogP contribution in [0.3, 0.4) is 0 Å². The zero-order chi connectivity index (χ0) is 27.8. The number of thiophene rings is 1. The van der Waals surface area contributed by atoms with Crippen molar-refractivity contribution in [2.24, 2.45) is 5.10 Å². The van der Waals surface area contributed by atoms with E-state index in [9.17, 15) is 34.9 Å². The lowest BCUT2D eigenvalue weighted by Gasteiger charge is -2.12. The van der Waals surface area contributed by atoms with Crippen molar-refractivity contribution in [2.45, 2.75) is 32.6 Å². The molecule has 1 aliphatic rings. The van der Waals surface area contributed by atoms with Crippen molar-refractivity contribution >= 4 is 45.0 Å². The largest absolute Gasteiger partial charge is 0.497 e. The molecule has 1 aliphatic carbocycles. The van der Waals surface area contributed by atoms with Crippen LogP contribution in [0.5, 0.6) is 5.75 Å². The van der Waals surface area contributed by atoms with Crippen LogP contribution in [0.4, 0.5) is 11.4 Å². The Morgan fingerprint density at radius 1 is 1.13 bits per heavy atom. The summed E-state index contributed by atoms with van der Waals surface area (Å²) in [6, 6.07) is 8.04. The lowest BCUT2D eigenvalue weighted by molar-refractivity contribution is -0.396. The Morgan fingerprint density at radius 2 is 1.77 bits per heavy atom. The number of nitrogens with one attached hydrogen (secondary N) is 1. The number of carbonyl (C=O) groups excluding carboxylic acids is 1. The number of phenolic OH excluding ortho intramolecular Hbond substituents is 1. The van der Waals surface area contributed by atoms with Crippen LogP contribution in [0.25, 0.3) is 15.9 Å². The number of benzene rings is 2. The summed E-state index contributed by atoms with van der Waals surface area (Å²) >= 11 is 1.58. The Bertz CT molecular complexity index is 1720. The second kappa shape index (κ2) is 10.1. The third-order valence-electron chi connectivity index (χ3n) is 6.41. The quantitative estimate of drug-likeness (QED) is 0.206. The molecule has 0 atom stereocenters. The summed E-state index contributed by atoms with van der Waals surface area (Å²) in [7, 11) is 0. The number of hydrogen-bond donors (Lipinski definition) is 2. The third kappa shape index (κ3) is 4.72. The molecule has 0 unspecified atom stereocenters. The second-order valence-corrected chi connectivity index (χ2v) is 9.94. The summed E-state index contributed by atoms with van der Waals surface area (Å²) < 4.78 is 1.52. The average Bonchev–Trinajstić information content (AvgIpc) is 3.27. The van der Waals surface area contributed by atoms with Crippen LogP contribution in [0.15, 0.2) is 46.3 Å². The van der Waals surface area contributed by atoms with Gasteiger partial charge in [-0.1, -0.05) is 0 Å². The van der Waals surface area contributed by atoms with Crippen LogP contribution in [-0.4, -0.2) is 36.6 Å². The highest BCUT2D eigenvalue weighted by Gasteiger charge is 2.26. The Labute approximate surface area is 223 Å². The number of hydrogen-bond acceptors (Lipinski definition) is 10. The van der Waals surface area contributed by atoms with E-state index in [1.54, 1.807) is 30.4 Å². The Balaban J connectivity index is 1.37. The van der Waals surface area contributed by atoms with Gasteiger partial charge in [0.05, 0.1) is 27.1 Å². The SMILES string of the molecule is Cc1nc2sc3c(c2c(=O)n1-c1ccc(C(=O)N/N=C\c2cc([N+](=O)[O-])c(O)c([N+](=O)[O-])c2)cc1)CCCC3. The number of aromatic hydroxyl groups is 1. The van der Waals surface area contributed by atoms with E-state index in [-0.39, 0.29) is 16.7 Å². The molecule has 2 aromatic heterocycles. The average molecular weight is 549 g/mol. The molecule has 0 spiro atoms.